The van der Waals surface area contributed by atoms with Crippen molar-refractivity contribution in [1.82, 2.24) is 19.6 Å². The van der Waals surface area contributed by atoms with Crippen LogP contribution in [-0.4, -0.2) is 38.8 Å². The van der Waals surface area contributed by atoms with E-state index in [1.54, 1.807) is 17.9 Å². The summed E-state index contributed by atoms with van der Waals surface area (Å²) >= 11 is 0. The minimum Gasteiger partial charge on any atom is -0.493 e. The molecule has 2 heterocycles. The first-order valence-electron chi connectivity index (χ1n) is 4.18. The summed E-state index contributed by atoms with van der Waals surface area (Å²) in [5.41, 5.74) is 0.715. The van der Waals surface area contributed by atoms with Crippen molar-refractivity contribution in [2.24, 2.45) is 0 Å². The summed E-state index contributed by atoms with van der Waals surface area (Å²) in [6, 6.07) is 1.54. The topological polar surface area (TPSA) is 66.6 Å². The summed E-state index contributed by atoms with van der Waals surface area (Å²) in [6.45, 7) is 1.80. The van der Waals surface area contributed by atoms with Gasteiger partial charge < -0.3 is 10.0 Å². The van der Waals surface area contributed by atoms with Crippen molar-refractivity contribution in [2.75, 3.05) is 19.0 Å². The largest absolute Gasteiger partial charge is 0.493 e. The monoisotopic (exact) mass is 193 g/mol. The van der Waals surface area contributed by atoms with E-state index in [9.17, 15) is 5.11 Å². The highest BCUT2D eigenvalue weighted by Crippen LogP contribution is 2.14. The van der Waals surface area contributed by atoms with E-state index >= 15 is 0 Å². The van der Waals surface area contributed by atoms with Crippen LogP contribution in [0.3, 0.4) is 0 Å². The second-order valence-electron chi connectivity index (χ2n) is 3.27. The molecule has 0 bridgehead atoms. The van der Waals surface area contributed by atoms with Gasteiger partial charge in [-0.05, 0) is 6.92 Å². The second-order valence-corrected chi connectivity index (χ2v) is 3.27. The first kappa shape index (κ1) is 8.74. The van der Waals surface area contributed by atoms with E-state index in [2.05, 4.69) is 15.1 Å². The minimum atomic E-state index is 0.0492. The van der Waals surface area contributed by atoms with E-state index < -0.39 is 0 Å². The first-order valence-corrected chi connectivity index (χ1v) is 4.18. The molecule has 74 valence electrons. The number of aromatic hydroxyl groups is 1. The van der Waals surface area contributed by atoms with Gasteiger partial charge in [0.05, 0.1) is 0 Å². The number of hydrogen-bond acceptors (Lipinski definition) is 5. The quantitative estimate of drug-likeness (QED) is 0.701. The Hall–Kier alpha value is -1.85. The fourth-order valence-electron chi connectivity index (χ4n) is 1.15. The predicted molar refractivity (Wildman–Crippen MR) is 51.5 cm³/mol. The van der Waals surface area contributed by atoms with Crippen LogP contribution in [0.4, 0.5) is 5.95 Å². The van der Waals surface area contributed by atoms with Crippen molar-refractivity contribution in [3.8, 4) is 5.88 Å². The molecule has 2 rings (SSSR count). The molecule has 0 aliphatic heterocycles. The number of hydrogen-bond donors (Lipinski definition) is 1. The molecular formula is C8H11N5O. The van der Waals surface area contributed by atoms with E-state index in [-0.39, 0.29) is 5.88 Å². The normalized spacial score (nSPS) is 10.8. The molecule has 14 heavy (non-hydrogen) atoms. The van der Waals surface area contributed by atoms with Crippen LogP contribution >= 0.6 is 0 Å². The van der Waals surface area contributed by atoms with Gasteiger partial charge in [0.15, 0.2) is 0 Å². The average molecular weight is 193 g/mol. The lowest BCUT2D eigenvalue weighted by Gasteiger charge is -2.03. The highest BCUT2D eigenvalue weighted by atomic mass is 16.3. The van der Waals surface area contributed by atoms with Gasteiger partial charge in [-0.25, -0.2) is 4.98 Å². The molecule has 0 aromatic carbocycles. The molecule has 0 spiro atoms. The zero-order valence-corrected chi connectivity index (χ0v) is 8.26. The average Bonchev–Trinajstić information content (AvgIpc) is 2.47. The highest BCUT2D eigenvalue weighted by molar-refractivity contribution is 5.41. The number of rotatable bonds is 1. The number of fused-ring (bicyclic) bond motifs is 1. The fraction of sp³-hybridized carbons (Fsp3) is 0.375. The second kappa shape index (κ2) is 2.83. The van der Waals surface area contributed by atoms with Crippen LogP contribution in [0.2, 0.25) is 0 Å². The predicted octanol–water partition coefficient (Wildman–Crippen LogP) is 0.204. The highest BCUT2D eigenvalue weighted by Gasteiger charge is 2.09. The maximum Gasteiger partial charge on any atom is 0.257 e. The molecule has 0 aliphatic carbocycles. The summed E-state index contributed by atoms with van der Waals surface area (Å²) in [4.78, 5) is 10.0. The Morgan fingerprint density at radius 2 is 2.07 bits per heavy atom. The molecule has 0 aliphatic rings. The molecule has 6 nitrogen and oxygen atoms in total. The van der Waals surface area contributed by atoms with Gasteiger partial charge in [-0.1, -0.05) is 0 Å². The summed E-state index contributed by atoms with van der Waals surface area (Å²) < 4.78 is 1.31. The zero-order chi connectivity index (χ0) is 10.3. The van der Waals surface area contributed by atoms with Crippen LogP contribution in [0, 0.1) is 6.92 Å². The Labute approximate surface area is 80.8 Å². The lowest BCUT2D eigenvalue weighted by Crippen LogP contribution is -2.10. The van der Waals surface area contributed by atoms with E-state index in [0.717, 1.165) is 0 Å². The molecule has 0 saturated carbocycles. The Kier molecular flexibility index (Phi) is 1.77. The van der Waals surface area contributed by atoms with Crippen LogP contribution in [0.25, 0.3) is 5.78 Å². The molecule has 0 amide bonds. The third-order valence-corrected chi connectivity index (χ3v) is 1.81. The molecular weight excluding hydrogens is 182 g/mol. The van der Waals surface area contributed by atoms with Crippen LogP contribution in [0.1, 0.15) is 5.69 Å². The maximum atomic E-state index is 9.55. The van der Waals surface area contributed by atoms with Gasteiger partial charge in [0.25, 0.3) is 5.78 Å². The zero-order valence-electron chi connectivity index (χ0n) is 8.26. The molecule has 1 N–H and O–H groups in total. The van der Waals surface area contributed by atoms with E-state index in [1.165, 1.54) is 4.52 Å². The van der Waals surface area contributed by atoms with Crippen molar-refractivity contribution in [2.45, 2.75) is 6.92 Å². The Morgan fingerprint density at radius 3 is 2.71 bits per heavy atom. The van der Waals surface area contributed by atoms with E-state index in [0.29, 0.717) is 17.4 Å². The smallest absolute Gasteiger partial charge is 0.257 e. The van der Waals surface area contributed by atoms with Crippen LogP contribution in [0.5, 0.6) is 5.88 Å². The van der Waals surface area contributed by atoms with Crippen LogP contribution in [0.15, 0.2) is 6.07 Å². The van der Waals surface area contributed by atoms with Crippen LogP contribution < -0.4 is 4.90 Å². The lowest BCUT2D eigenvalue weighted by atomic mass is 10.4. The minimum absolute atomic E-state index is 0.0492. The van der Waals surface area contributed by atoms with E-state index in [1.807, 2.05) is 14.1 Å². The summed E-state index contributed by atoms with van der Waals surface area (Å²) in [5.74, 6) is 0.984. The third kappa shape index (κ3) is 1.24. The lowest BCUT2D eigenvalue weighted by molar-refractivity contribution is 0.434. The fourth-order valence-corrected chi connectivity index (χ4v) is 1.15. The van der Waals surface area contributed by atoms with Crippen LogP contribution in [-0.2, 0) is 0 Å². The Morgan fingerprint density at radius 1 is 1.36 bits per heavy atom. The SMILES string of the molecule is Cc1cc(O)n2nc(N(C)C)nc2n1. The first-order chi connectivity index (χ1) is 6.58. The summed E-state index contributed by atoms with van der Waals surface area (Å²) in [5, 5.41) is 13.6. The van der Waals surface area contributed by atoms with Gasteiger partial charge in [0.1, 0.15) is 0 Å². The van der Waals surface area contributed by atoms with Gasteiger partial charge in [0.2, 0.25) is 11.8 Å². The number of nitrogens with zero attached hydrogens (tertiary/aromatic N) is 5. The van der Waals surface area contributed by atoms with Gasteiger partial charge in [0, 0.05) is 25.9 Å². The molecule has 2 aromatic heterocycles. The maximum absolute atomic E-state index is 9.55. The number of aryl methyl sites for hydroxylation is 1. The van der Waals surface area contributed by atoms with Crippen molar-refractivity contribution >= 4 is 11.7 Å². The molecule has 0 radical (unpaired) electrons. The molecule has 0 atom stereocenters. The van der Waals surface area contributed by atoms with Crippen molar-refractivity contribution in [3.05, 3.63) is 11.8 Å². The van der Waals surface area contributed by atoms with Crippen molar-refractivity contribution < 1.29 is 5.11 Å². The van der Waals surface area contributed by atoms with Gasteiger partial charge in [-0.2, -0.15) is 9.50 Å². The molecule has 0 fully saturated rings. The van der Waals surface area contributed by atoms with Gasteiger partial charge in [-0.15, -0.1) is 5.10 Å². The Bertz CT molecular complexity index is 476. The molecule has 2 aromatic rings. The summed E-state index contributed by atoms with van der Waals surface area (Å²) in [7, 11) is 3.66. The molecule has 6 heteroatoms. The Balaban J connectivity index is 2.70. The molecule has 0 unspecified atom stereocenters. The molecule has 0 saturated heterocycles. The third-order valence-electron chi connectivity index (χ3n) is 1.81. The van der Waals surface area contributed by atoms with E-state index in [4.69, 9.17) is 0 Å². The van der Waals surface area contributed by atoms with Gasteiger partial charge in [-0.3, -0.25) is 0 Å². The summed E-state index contributed by atoms with van der Waals surface area (Å²) in [6.07, 6.45) is 0. The number of aromatic nitrogens is 4. The van der Waals surface area contributed by atoms with Crippen molar-refractivity contribution in [3.63, 3.8) is 0 Å². The number of anilines is 1. The van der Waals surface area contributed by atoms with Crippen molar-refractivity contribution in [1.29, 1.82) is 0 Å². The van der Waals surface area contributed by atoms with Gasteiger partial charge >= 0.3 is 0 Å². The standard InChI is InChI=1S/C8H11N5O/c1-5-4-6(14)13-7(9-5)10-8(11-13)12(2)3/h4,14H,1-3H3.